The zero-order valence-corrected chi connectivity index (χ0v) is 59.6. The number of hydrazine groups is 1. The number of nitrogens with zero attached hydrogens (tertiary/aromatic N) is 5. The van der Waals surface area contributed by atoms with E-state index in [1.54, 1.807) is 36.9 Å². The van der Waals surface area contributed by atoms with Gasteiger partial charge < -0.3 is 54.3 Å². The maximum absolute atomic E-state index is 14.8. The van der Waals surface area contributed by atoms with E-state index >= 15 is 0 Å². The summed E-state index contributed by atoms with van der Waals surface area (Å²) in [5.74, 6) is -3.72. The highest BCUT2D eigenvalue weighted by Crippen LogP contribution is 2.41. The van der Waals surface area contributed by atoms with Gasteiger partial charge in [0.1, 0.15) is 12.1 Å². The molecule has 0 radical (unpaired) electrons. The minimum absolute atomic E-state index is 0.00358. The Morgan fingerprint density at radius 3 is 2.00 bits per heavy atom. The third-order valence-electron chi connectivity index (χ3n) is 19.2. The van der Waals surface area contributed by atoms with Crippen LogP contribution in [0.2, 0.25) is 0 Å². The fourth-order valence-corrected chi connectivity index (χ4v) is 12.8. The molecular formula is C70H119N9O15. The smallest absolute Gasteiger partial charge is 0.269 e. The molecule has 2 aliphatic heterocycles. The lowest BCUT2D eigenvalue weighted by Gasteiger charge is -2.41. The third kappa shape index (κ3) is 24.0. The Morgan fingerprint density at radius 1 is 0.755 bits per heavy atom. The van der Waals surface area contributed by atoms with Crippen molar-refractivity contribution >= 4 is 41.4 Å². The number of unbranched alkanes of at least 4 members (excludes halogenated alkanes) is 1. The van der Waals surface area contributed by atoms with Crippen LogP contribution in [0.3, 0.4) is 0 Å². The highest BCUT2D eigenvalue weighted by Gasteiger charge is 2.44. The standard InChI is InChI=1S/C70H119N9O15/c1-16-20-26-51-27-23-28-52(43-51)44-54(68(87)79-34-21-22-36-94-79)71-65(84)50(10)64(90-15)55-29-24-33-77(55)60(83)46-56(89-14)63(49(9)17-2)76(13)69(88)61(47(5)6)72-66(85)62(48(7)8)75(12)32-25-30-57(80)73-74-58(81)31-37-91-39-41-93-42-40-92-38-35-78-59(82)45-53(67(78)86)70(11,18-3)19-4/h23,27-28,43,45,47-50,54-56,61-64,82,86H,16-22,24-26,29-42,44,46H2,1-15H3,(H,71,84)(H,72,85)(H,73,80)(H,74,81). The maximum atomic E-state index is 14.8. The number of likely N-dealkylation sites (tertiary alicyclic amines) is 1. The van der Waals surface area contributed by atoms with Crippen molar-refractivity contribution in [1.29, 1.82) is 0 Å². The van der Waals surface area contributed by atoms with Gasteiger partial charge in [0.05, 0.1) is 102 Å². The van der Waals surface area contributed by atoms with Gasteiger partial charge >= 0.3 is 0 Å². The molecule has 0 saturated carbocycles. The summed E-state index contributed by atoms with van der Waals surface area (Å²) in [4.78, 5) is 109. The summed E-state index contributed by atoms with van der Waals surface area (Å²) in [7, 11) is 6.57. The first-order valence-electron chi connectivity index (χ1n) is 34.7. The molecule has 7 amide bonds. The summed E-state index contributed by atoms with van der Waals surface area (Å²) in [6, 6.07) is 6.26. The normalized spacial score (nSPS) is 17.1. The first-order valence-corrected chi connectivity index (χ1v) is 34.7. The molecule has 0 spiro atoms. The van der Waals surface area contributed by atoms with Crippen LogP contribution in [-0.4, -0.2) is 213 Å². The molecule has 1 aromatic heterocycles. The van der Waals surface area contributed by atoms with Crippen LogP contribution >= 0.6 is 0 Å². The van der Waals surface area contributed by atoms with Crippen molar-refractivity contribution in [3.05, 3.63) is 47.0 Å². The molecule has 2 aliphatic rings. The number of hydrogen-bond donors (Lipinski definition) is 6. The molecule has 534 valence electrons. The number of amides is 7. The topological polar surface area (TPSA) is 281 Å². The van der Waals surface area contributed by atoms with Crippen LogP contribution in [0.1, 0.15) is 176 Å². The lowest BCUT2D eigenvalue weighted by atomic mass is 9.79. The molecule has 2 fully saturated rings. The Balaban J connectivity index is 1.26. The van der Waals surface area contributed by atoms with Crippen LogP contribution in [0.5, 0.6) is 11.8 Å². The van der Waals surface area contributed by atoms with E-state index in [-0.39, 0.29) is 123 Å². The Labute approximate surface area is 560 Å². The number of aromatic nitrogens is 1. The largest absolute Gasteiger partial charge is 0.494 e. The van der Waals surface area contributed by atoms with Crippen LogP contribution in [-0.2, 0) is 86.9 Å². The number of hydrogen-bond acceptors (Lipinski definition) is 16. The molecule has 24 heteroatoms. The van der Waals surface area contributed by atoms with Gasteiger partial charge in [-0.2, -0.15) is 0 Å². The van der Waals surface area contributed by atoms with E-state index in [1.165, 1.54) is 29.4 Å². The van der Waals surface area contributed by atoms with Crippen LogP contribution in [0, 0.1) is 23.7 Å². The van der Waals surface area contributed by atoms with E-state index in [2.05, 4.69) is 61.3 Å². The number of hydroxylamine groups is 2. The van der Waals surface area contributed by atoms with Gasteiger partial charge in [0.2, 0.25) is 35.4 Å². The van der Waals surface area contributed by atoms with Gasteiger partial charge in [0.25, 0.3) is 5.91 Å². The van der Waals surface area contributed by atoms with Crippen molar-refractivity contribution in [2.75, 3.05) is 94.2 Å². The molecule has 1 aromatic carbocycles. The lowest BCUT2D eigenvalue weighted by molar-refractivity contribution is -0.199. The van der Waals surface area contributed by atoms with Gasteiger partial charge in [0.15, 0.2) is 11.8 Å². The fraction of sp³-hybridized carbons (Fsp3) is 0.757. The zero-order valence-electron chi connectivity index (χ0n) is 59.6. The number of carbonyl (C=O) groups excluding carboxylic acids is 7. The van der Waals surface area contributed by atoms with E-state index in [0.717, 1.165) is 56.1 Å². The van der Waals surface area contributed by atoms with Crippen LogP contribution < -0.4 is 21.5 Å². The minimum atomic E-state index is -0.930. The Hall–Kier alpha value is -5.89. The predicted molar refractivity (Wildman–Crippen MR) is 360 cm³/mol. The average molecular weight is 1330 g/mol. The van der Waals surface area contributed by atoms with E-state index in [1.807, 2.05) is 58.6 Å². The van der Waals surface area contributed by atoms with Crippen molar-refractivity contribution in [2.45, 2.75) is 227 Å². The summed E-state index contributed by atoms with van der Waals surface area (Å²) in [5, 5.41) is 28.7. The van der Waals surface area contributed by atoms with Crippen LogP contribution in [0.4, 0.5) is 0 Å². The molecule has 0 bridgehead atoms. The monoisotopic (exact) mass is 1330 g/mol. The number of nitrogens with one attached hydrogen (secondary N) is 4. The van der Waals surface area contributed by atoms with E-state index in [9.17, 15) is 43.8 Å². The Bertz CT molecular complexity index is 2650. The summed E-state index contributed by atoms with van der Waals surface area (Å²) >= 11 is 0. The lowest BCUT2D eigenvalue weighted by Crippen LogP contribution is -2.60. The molecule has 3 heterocycles. The molecule has 24 nitrogen and oxygen atoms in total. The third-order valence-corrected chi connectivity index (χ3v) is 19.2. The number of likely N-dealkylation sites (N-methyl/N-ethyl adjacent to an activating group) is 2. The predicted octanol–water partition coefficient (Wildman–Crippen LogP) is 6.99. The molecule has 6 N–H and O–H groups in total. The molecule has 9 unspecified atom stereocenters. The van der Waals surface area contributed by atoms with E-state index in [0.29, 0.717) is 65.1 Å². The maximum Gasteiger partial charge on any atom is 0.269 e. The summed E-state index contributed by atoms with van der Waals surface area (Å²) < 4.78 is 30.4. The van der Waals surface area contributed by atoms with Gasteiger partial charge in [-0.25, -0.2) is 5.06 Å². The van der Waals surface area contributed by atoms with Gasteiger partial charge in [-0.05, 0) is 106 Å². The Kier molecular flexibility index (Phi) is 35.4. The minimum Gasteiger partial charge on any atom is -0.494 e. The van der Waals surface area contributed by atoms with Crippen molar-refractivity contribution in [2.24, 2.45) is 23.7 Å². The zero-order chi connectivity index (χ0) is 69.7. The quantitative estimate of drug-likeness (QED) is 0.0288. The number of aryl methyl sites for hydroxylation is 1. The number of carbonyl (C=O) groups is 7. The molecular weight excluding hydrogens is 1210 g/mol. The van der Waals surface area contributed by atoms with Gasteiger partial charge in [-0.3, -0.25) is 58.7 Å². The highest BCUT2D eigenvalue weighted by atomic mass is 16.7. The first-order chi connectivity index (χ1) is 44.8. The molecule has 0 aliphatic carbocycles. The Morgan fingerprint density at radius 2 is 1.40 bits per heavy atom. The van der Waals surface area contributed by atoms with E-state index in [4.69, 9.17) is 28.5 Å². The second-order valence-corrected chi connectivity index (χ2v) is 26.6. The van der Waals surface area contributed by atoms with Crippen molar-refractivity contribution < 1.29 is 72.3 Å². The van der Waals surface area contributed by atoms with Crippen molar-refractivity contribution in [3.63, 3.8) is 0 Å². The fourth-order valence-electron chi connectivity index (χ4n) is 12.8. The summed E-state index contributed by atoms with van der Waals surface area (Å²) in [6.07, 6.45) is 7.47. The van der Waals surface area contributed by atoms with Gasteiger partial charge in [0, 0.05) is 58.8 Å². The molecule has 2 aromatic rings. The second-order valence-electron chi connectivity index (χ2n) is 26.6. The van der Waals surface area contributed by atoms with Crippen molar-refractivity contribution in [1.82, 2.24) is 45.8 Å². The molecule has 2 saturated heterocycles. The number of methoxy groups -OCH3 is 2. The number of benzene rings is 1. The van der Waals surface area contributed by atoms with Gasteiger partial charge in [-0.1, -0.05) is 113 Å². The summed E-state index contributed by atoms with van der Waals surface area (Å²) in [5.41, 5.74) is 7.46. The average Bonchev–Trinajstić information content (AvgIpc) is 1.64. The van der Waals surface area contributed by atoms with Crippen molar-refractivity contribution in [3.8, 4) is 11.8 Å². The van der Waals surface area contributed by atoms with Crippen LogP contribution in [0.15, 0.2) is 30.3 Å². The molecule has 4 rings (SSSR count). The second kappa shape index (κ2) is 41.3. The summed E-state index contributed by atoms with van der Waals surface area (Å²) in [6.45, 7) is 25.2. The number of aromatic hydroxyl groups is 2. The molecule has 94 heavy (non-hydrogen) atoms. The number of rotatable bonds is 43. The first kappa shape index (κ1) is 80.5. The highest BCUT2D eigenvalue weighted by molar-refractivity contribution is 5.91. The van der Waals surface area contributed by atoms with Gasteiger partial charge in [-0.15, -0.1) is 0 Å². The number of ether oxygens (including phenoxy) is 5. The SMILES string of the molecule is CCCCc1cccc(CC(NC(=O)C(C)C(OC)C2CCCN2C(=O)CC(OC)C(C(C)CC)N(C)C(=O)C(NC(=O)C(C(C)C)N(C)CCCC(=O)NNC(=O)CCOCCOCCOCCn2c(O)cc(C(C)(CC)CC)c2O)C(C)C)C(=O)N2CCCCO2)c1. The van der Waals surface area contributed by atoms with Crippen LogP contribution in [0.25, 0.3) is 0 Å². The molecule has 9 atom stereocenters. The van der Waals surface area contributed by atoms with E-state index < -0.39 is 60.1 Å².